The van der Waals surface area contributed by atoms with E-state index in [9.17, 15) is 13.2 Å². The first-order chi connectivity index (χ1) is 12.0. The van der Waals surface area contributed by atoms with Crippen molar-refractivity contribution in [3.05, 3.63) is 59.9 Å². The minimum atomic E-state index is -4.35. The number of H-pyrrole nitrogens is 1. The summed E-state index contributed by atoms with van der Waals surface area (Å²) in [5.41, 5.74) is 2.24. The number of rotatable bonds is 5. The molecule has 2 heterocycles. The summed E-state index contributed by atoms with van der Waals surface area (Å²) in [6.45, 7) is 0.445. The van der Waals surface area contributed by atoms with Crippen molar-refractivity contribution in [1.29, 1.82) is 0 Å². The molecule has 3 aromatic rings. The molecule has 0 spiro atoms. The molecule has 0 unspecified atom stereocenters. The highest BCUT2D eigenvalue weighted by atomic mass is 19.4. The van der Waals surface area contributed by atoms with Crippen LogP contribution in [0.3, 0.4) is 0 Å². The monoisotopic (exact) mass is 348 g/mol. The van der Waals surface area contributed by atoms with Crippen molar-refractivity contribution in [1.82, 2.24) is 15.2 Å². The first-order valence-electron chi connectivity index (χ1n) is 7.41. The Labute approximate surface area is 141 Å². The Morgan fingerprint density at radius 3 is 2.44 bits per heavy atom. The molecule has 0 radical (unpaired) electrons. The molecule has 0 aliphatic rings. The first kappa shape index (κ1) is 16.8. The van der Waals surface area contributed by atoms with Crippen molar-refractivity contribution in [3.63, 3.8) is 0 Å². The van der Waals surface area contributed by atoms with Gasteiger partial charge in [-0.05, 0) is 23.8 Å². The van der Waals surface area contributed by atoms with Crippen LogP contribution in [0.4, 0.5) is 18.9 Å². The molecule has 1 aromatic carbocycles. The average Bonchev–Trinajstić information content (AvgIpc) is 3.08. The fourth-order valence-electron chi connectivity index (χ4n) is 2.32. The van der Waals surface area contributed by atoms with E-state index in [2.05, 4.69) is 20.5 Å². The maximum atomic E-state index is 12.7. The zero-order valence-corrected chi connectivity index (χ0v) is 13.3. The van der Waals surface area contributed by atoms with Crippen molar-refractivity contribution in [3.8, 4) is 17.1 Å². The number of ether oxygens (including phenoxy) is 1. The van der Waals surface area contributed by atoms with E-state index < -0.39 is 11.7 Å². The van der Waals surface area contributed by atoms with E-state index in [-0.39, 0.29) is 0 Å². The Balaban J connectivity index is 1.73. The molecular weight excluding hydrogens is 333 g/mol. The minimum Gasteiger partial charge on any atom is -0.481 e. The molecule has 25 heavy (non-hydrogen) atoms. The zero-order chi connectivity index (χ0) is 17.9. The van der Waals surface area contributed by atoms with E-state index in [0.29, 0.717) is 23.7 Å². The SMILES string of the molecule is COc1ccc(NCc2cn[nH]c2-c2ccc(C(F)(F)F)cc2)cn1. The summed E-state index contributed by atoms with van der Waals surface area (Å²) in [5, 5.41) is 10.0. The van der Waals surface area contributed by atoms with Gasteiger partial charge in [0.05, 0.1) is 36.4 Å². The molecule has 0 bridgehead atoms. The highest BCUT2D eigenvalue weighted by molar-refractivity contribution is 5.63. The van der Waals surface area contributed by atoms with E-state index >= 15 is 0 Å². The summed E-state index contributed by atoms with van der Waals surface area (Å²) in [7, 11) is 1.54. The molecule has 2 N–H and O–H groups in total. The number of nitrogens with one attached hydrogen (secondary N) is 2. The quantitative estimate of drug-likeness (QED) is 0.728. The van der Waals surface area contributed by atoms with Crippen LogP contribution in [0.25, 0.3) is 11.3 Å². The lowest BCUT2D eigenvalue weighted by Gasteiger charge is -2.09. The number of methoxy groups -OCH3 is 1. The molecule has 0 saturated heterocycles. The van der Waals surface area contributed by atoms with E-state index in [1.165, 1.54) is 19.2 Å². The number of anilines is 1. The van der Waals surface area contributed by atoms with Crippen LogP contribution >= 0.6 is 0 Å². The van der Waals surface area contributed by atoms with Crippen molar-refractivity contribution < 1.29 is 17.9 Å². The van der Waals surface area contributed by atoms with Gasteiger partial charge in [-0.2, -0.15) is 18.3 Å². The molecule has 0 atom stereocenters. The molecule has 3 rings (SSSR count). The van der Waals surface area contributed by atoms with Crippen molar-refractivity contribution in [2.75, 3.05) is 12.4 Å². The Kier molecular flexibility index (Phi) is 4.60. The molecule has 0 amide bonds. The van der Waals surface area contributed by atoms with Crippen LogP contribution in [0.15, 0.2) is 48.8 Å². The van der Waals surface area contributed by atoms with E-state index in [1.807, 2.05) is 6.07 Å². The lowest BCUT2D eigenvalue weighted by Crippen LogP contribution is -2.04. The fourth-order valence-corrected chi connectivity index (χ4v) is 2.32. The van der Waals surface area contributed by atoms with Gasteiger partial charge in [0.25, 0.3) is 0 Å². The molecule has 0 aliphatic carbocycles. The molecule has 0 fully saturated rings. The van der Waals surface area contributed by atoms with Crippen LogP contribution in [0.1, 0.15) is 11.1 Å². The predicted molar refractivity (Wildman–Crippen MR) is 87.1 cm³/mol. The maximum Gasteiger partial charge on any atom is 0.416 e. The standard InChI is InChI=1S/C17H15F3N4O/c1-25-15-7-6-14(10-22-15)21-8-12-9-23-24-16(12)11-2-4-13(5-3-11)17(18,19)20/h2-7,9-10,21H,8H2,1H3,(H,23,24). The summed E-state index contributed by atoms with van der Waals surface area (Å²) < 4.78 is 43.0. The molecule has 0 saturated carbocycles. The number of aromatic amines is 1. The summed E-state index contributed by atoms with van der Waals surface area (Å²) in [4.78, 5) is 4.10. The average molecular weight is 348 g/mol. The van der Waals surface area contributed by atoms with Gasteiger partial charge in [0.1, 0.15) is 0 Å². The largest absolute Gasteiger partial charge is 0.481 e. The predicted octanol–water partition coefficient (Wildman–Crippen LogP) is 4.11. The van der Waals surface area contributed by atoms with Crippen LogP contribution in [-0.4, -0.2) is 22.3 Å². The second kappa shape index (κ2) is 6.84. The second-order valence-electron chi connectivity index (χ2n) is 5.29. The Morgan fingerprint density at radius 2 is 1.84 bits per heavy atom. The number of pyridine rings is 1. The third-order valence-electron chi connectivity index (χ3n) is 3.65. The van der Waals surface area contributed by atoms with Gasteiger partial charge in [-0.1, -0.05) is 12.1 Å². The molecule has 5 nitrogen and oxygen atoms in total. The smallest absolute Gasteiger partial charge is 0.416 e. The molecular formula is C17H15F3N4O. The van der Waals surface area contributed by atoms with Crippen LogP contribution in [0.5, 0.6) is 5.88 Å². The number of benzene rings is 1. The van der Waals surface area contributed by atoms with Crippen LogP contribution in [0.2, 0.25) is 0 Å². The third-order valence-corrected chi connectivity index (χ3v) is 3.65. The third kappa shape index (κ3) is 3.90. The van der Waals surface area contributed by atoms with Crippen LogP contribution in [0, 0.1) is 0 Å². The van der Waals surface area contributed by atoms with E-state index in [1.54, 1.807) is 18.5 Å². The summed E-state index contributed by atoms with van der Waals surface area (Å²) >= 11 is 0. The van der Waals surface area contributed by atoms with Gasteiger partial charge < -0.3 is 10.1 Å². The number of hydrogen-bond donors (Lipinski definition) is 2. The maximum absolute atomic E-state index is 12.7. The second-order valence-corrected chi connectivity index (χ2v) is 5.29. The van der Waals surface area contributed by atoms with Gasteiger partial charge in [0.15, 0.2) is 0 Å². The van der Waals surface area contributed by atoms with E-state index in [4.69, 9.17) is 4.74 Å². The van der Waals surface area contributed by atoms with Crippen molar-refractivity contribution in [2.24, 2.45) is 0 Å². The first-order valence-corrected chi connectivity index (χ1v) is 7.41. The van der Waals surface area contributed by atoms with Gasteiger partial charge in [-0.15, -0.1) is 0 Å². The highest BCUT2D eigenvalue weighted by Gasteiger charge is 2.30. The number of alkyl halides is 3. The summed E-state index contributed by atoms with van der Waals surface area (Å²) in [5.74, 6) is 0.513. The molecule has 2 aromatic heterocycles. The normalized spacial score (nSPS) is 11.4. The lowest BCUT2D eigenvalue weighted by molar-refractivity contribution is -0.137. The topological polar surface area (TPSA) is 62.8 Å². The lowest BCUT2D eigenvalue weighted by atomic mass is 10.1. The number of nitrogens with zero attached hydrogens (tertiary/aromatic N) is 2. The van der Waals surface area contributed by atoms with Gasteiger partial charge in [-0.3, -0.25) is 5.10 Å². The molecule has 8 heteroatoms. The van der Waals surface area contributed by atoms with Gasteiger partial charge in [-0.25, -0.2) is 4.98 Å². The zero-order valence-electron chi connectivity index (χ0n) is 13.3. The highest BCUT2D eigenvalue weighted by Crippen LogP contribution is 2.31. The Morgan fingerprint density at radius 1 is 1.08 bits per heavy atom. The Bertz CT molecular complexity index is 826. The van der Waals surface area contributed by atoms with Crippen molar-refractivity contribution in [2.45, 2.75) is 12.7 Å². The van der Waals surface area contributed by atoms with E-state index in [0.717, 1.165) is 23.4 Å². The van der Waals surface area contributed by atoms with Gasteiger partial charge >= 0.3 is 6.18 Å². The van der Waals surface area contributed by atoms with Crippen LogP contribution in [-0.2, 0) is 12.7 Å². The molecule has 130 valence electrons. The summed E-state index contributed by atoms with van der Waals surface area (Å²) in [6, 6.07) is 8.52. The Hall–Kier alpha value is -3.03. The minimum absolute atomic E-state index is 0.445. The molecule has 0 aliphatic heterocycles. The van der Waals surface area contributed by atoms with Gasteiger partial charge in [0, 0.05) is 18.2 Å². The van der Waals surface area contributed by atoms with Crippen molar-refractivity contribution >= 4 is 5.69 Å². The number of aromatic nitrogens is 3. The summed E-state index contributed by atoms with van der Waals surface area (Å²) in [6.07, 6.45) is -1.08. The fraction of sp³-hybridized carbons (Fsp3) is 0.176. The van der Waals surface area contributed by atoms with Gasteiger partial charge in [0.2, 0.25) is 5.88 Å². The number of halogens is 3. The number of hydrogen-bond acceptors (Lipinski definition) is 4. The van der Waals surface area contributed by atoms with Crippen LogP contribution < -0.4 is 10.1 Å².